The van der Waals surface area contributed by atoms with Crippen LogP contribution in [0.3, 0.4) is 0 Å². The highest BCUT2D eigenvalue weighted by Gasteiger charge is 2.29. The lowest BCUT2D eigenvalue weighted by atomic mass is 9.91. The summed E-state index contributed by atoms with van der Waals surface area (Å²) in [5, 5.41) is 5.54. The van der Waals surface area contributed by atoms with Crippen LogP contribution in [-0.4, -0.2) is 57.4 Å². The van der Waals surface area contributed by atoms with Crippen LogP contribution in [-0.2, 0) is 16.0 Å². The first-order chi connectivity index (χ1) is 18.5. The van der Waals surface area contributed by atoms with Crippen LogP contribution in [0.1, 0.15) is 42.6 Å². The number of rotatable bonds is 10. The first-order valence-corrected chi connectivity index (χ1v) is 13.2. The van der Waals surface area contributed by atoms with Gasteiger partial charge in [-0.15, -0.1) is 0 Å². The molecule has 4 rings (SSSR count). The smallest absolute Gasteiger partial charge is 0.310 e. The van der Waals surface area contributed by atoms with Gasteiger partial charge < -0.3 is 9.64 Å². The Bertz CT molecular complexity index is 1270. The molecule has 1 aliphatic rings. The van der Waals surface area contributed by atoms with E-state index in [1.165, 1.54) is 7.11 Å². The highest BCUT2D eigenvalue weighted by Crippen LogP contribution is 2.32. The molecule has 0 amide bonds. The molecule has 3 aromatic rings. The fourth-order valence-corrected chi connectivity index (χ4v) is 4.92. The molecule has 1 fully saturated rings. The number of piperidine rings is 1. The summed E-state index contributed by atoms with van der Waals surface area (Å²) in [5.41, 5.74) is 3.88. The van der Waals surface area contributed by atoms with E-state index >= 15 is 0 Å². The fourth-order valence-electron chi connectivity index (χ4n) is 4.86. The molecule has 2 aromatic heterocycles. The average Bonchev–Trinajstić information content (AvgIpc) is 3.39. The Labute approximate surface area is 229 Å². The monoisotopic (exact) mass is 531 g/mol. The summed E-state index contributed by atoms with van der Waals surface area (Å²) in [6.07, 6.45) is 11.5. The summed E-state index contributed by atoms with van der Waals surface area (Å²) in [4.78, 5) is 23.8. The summed E-state index contributed by atoms with van der Waals surface area (Å²) in [6, 6.07) is 14.0. The molecule has 0 spiro atoms. The van der Waals surface area contributed by atoms with E-state index < -0.39 is 0 Å². The van der Waals surface area contributed by atoms with Crippen LogP contribution in [0.2, 0.25) is 0 Å². The Morgan fingerprint density at radius 2 is 1.87 bits per heavy atom. The second kappa shape index (κ2) is 13.3. The molecule has 0 aliphatic carbocycles. The minimum atomic E-state index is -0.201. The Kier molecular flexibility index (Phi) is 9.62. The van der Waals surface area contributed by atoms with Gasteiger partial charge in [0.25, 0.3) is 5.95 Å². The highest BCUT2D eigenvalue weighted by atomic mass is 35.5. The molecule has 1 aliphatic heterocycles. The maximum absolute atomic E-state index is 12.6. The number of halogens is 1. The van der Waals surface area contributed by atoms with Gasteiger partial charge in [-0.05, 0) is 63.0 Å². The topological polar surface area (TPSA) is 73.1 Å². The number of allylic oxidation sites excluding steroid dienone is 5. The molecule has 0 bridgehead atoms. The van der Waals surface area contributed by atoms with Gasteiger partial charge in [-0.1, -0.05) is 60.7 Å². The van der Waals surface area contributed by atoms with E-state index in [-0.39, 0.29) is 17.8 Å². The Hall–Kier alpha value is -3.55. The molecule has 1 atom stereocenters. The molecule has 1 aromatic carbocycles. The minimum absolute atomic E-state index is 0.162. The second-order valence-corrected chi connectivity index (χ2v) is 10.1. The predicted octanol–water partition coefficient (Wildman–Crippen LogP) is 5.59. The molecule has 8 heteroatoms. The van der Waals surface area contributed by atoms with Crippen molar-refractivity contribution in [2.75, 3.05) is 26.7 Å². The third kappa shape index (κ3) is 7.05. The SMILES string of the molecule is C=C/C(=C\C=C(/C)Cl)c1cc(C2CCN(CC(Cc3ccccc3)C(=O)OC)CC2)n(-c2ncccn2)n1. The maximum Gasteiger partial charge on any atom is 0.310 e. The van der Waals surface area contributed by atoms with Gasteiger partial charge in [-0.3, -0.25) is 4.79 Å². The van der Waals surface area contributed by atoms with E-state index in [2.05, 4.69) is 39.6 Å². The zero-order valence-electron chi connectivity index (χ0n) is 22.0. The van der Waals surface area contributed by atoms with Crippen molar-refractivity contribution in [2.45, 2.75) is 32.1 Å². The third-order valence-electron chi connectivity index (χ3n) is 6.83. The highest BCUT2D eigenvalue weighted by molar-refractivity contribution is 6.29. The van der Waals surface area contributed by atoms with Gasteiger partial charge in [0.1, 0.15) is 0 Å². The van der Waals surface area contributed by atoms with E-state index in [0.717, 1.165) is 48.5 Å². The number of hydrogen-bond acceptors (Lipinski definition) is 6. The summed E-state index contributed by atoms with van der Waals surface area (Å²) in [5.74, 6) is 0.452. The van der Waals surface area contributed by atoms with Crippen LogP contribution in [0.15, 0.2) is 84.7 Å². The van der Waals surface area contributed by atoms with Crippen molar-refractivity contribution >= 4 is 23.1 Å². The van der Waals surface area contributed by atoms with Gasteiger partial charge in [0, 0.05) is 35.5 Å². The quantitative estimate of drug-likeness (QED) is 0.251. The molecular formula is C30H34ClN5O2. The molecular weight excluding hydrogens is 498 g/mol. The average molecular weight is 532 g/mol. The van der Waals surface area contributed by atoms with E-state index in [1.54, 1.807) is 24.5 Å². The minimum Gasteiger partial charge on any atom is -0.469 e. The lowest BCUT2D eigenvalue weighted by Crippen LogP contribution is -2.40. The molecule has 0 saturated carbocycles. The normalized spacial score (nSPS) is 16.3. The van der Waals surface area contributed by atoms with Crippen molar-refractivity contribution in [2.24, 2.45) is 5.92 Å². The first-order valence-electron chi connectivity index (χ1n) is 12.9. The van der Waals surface area contributed by atoms with E-state index in [1.807, 2.05) is 42.0 Å². The van der Waals surface area contributed by atoms with Crippen LogP contribution < -0.4 is 0 Å². The number of esters is 1. The second-order valence-electron chi connectivity index (χ2n) is 9.48. The summed E-state index contributed by atoms with van der Waals surface area (Å²) < 4.78 is 6.98. The Morgan fingerprint density at radius 3 is 2.50 bits per heavy atom. The van der Waals surface area contributed by atoms with Gasteiger partial charge in [0.05, 0.1) is 24.4 Å². The van der Waals surface area contributed by atoms with Crippen LogP contribution in [0, 0.1) is 5.92 Å². The maximum atomic E-state index is 12.6. The number of ether oxygens (including phenoxy) is 1. The molecule has 7 nitrogen and oxygen atoms in total. The van der Waals surface area contributed by atoms with Gasteiger partial charge in [-0.25, -0.2) is 14.6 Å². The number of likely N-dealkylation sites (tertiary alicyclic amines) is 1. The number of carbonyl (C=O) groups excluding carboxylic acids is 1. The van der Waals surface area contributed by atoms with Gasteiger partial charge in [0.2, 0.25) is 0 Å². The van der Waals surface area contributed by atoms with Crippen molar-refractivity contribution in [1.82, 2.24) is 24.6 Å². The molecule has 198 valence electrons. The van der Waals surface area contributed by atoms with E-state index in [4.69, 9.17) is 21.4 Å². The van der Waals surface area contributed by atoms with Gasteiger partial charge in [0.15, 0.2) is 0 Å². The third-order valence-corrected chi connectivity index (χ3v) is 6.96. The summed E-state index contributed by atoms with van der Waals surface area (Å²) >= 11 is 6.05. The number of aromatic nitrogens is 4. The zero-order valence-corrected chi connectivity index (χ0v) is 22.7. The number of hydrogen-bond donors (Lipinski definition) is 0. The van der Waals surface area contributed by atoms with Crippen LogP contribution >= 0.6 is 11.6 Å². The van der Waals surface area contributed by atoms with Crippen LogP contribution in [0.25, 0.3) is 11.5 Å². The number of methoxy groups -OCH3 is 1. The van der Waals surface area contributed by atoms with Crippen molar-refractivity contribution in [3.05, 3.63) is 102 Å². The summed E-state index contributed by atoms with van der Waals surface area (Å²) in [6.45, 7) is 8.22. The Morgan fingerprint density at radius 1 is 1.16 bits per heavy atom. The zero-order chi connectivity index (χ0) is 26.9. The molecule has 0 N–H and O–H groups in total. The lowest BCUT2D eigenvalue weighted by Gasteiger charge is -2.33. The molecule has 38 heavy (non-hydrogen) atoms. The molecule has 3 heterocycles. The predicted molar refractivity (Wildman–Crippen MR) is 151 cm³/mol. The standard InChI is InChI=1S/C30H34ClN5O2/c1-4-24(12-11-22(2)31)27-20-28(36(34-27)30-32-15-8-16-33-30)25-13-17-35(18-14-25)21-26(29(37)38-3)19-23-9-6-5-7-10-23/h4-12,15-16,20,25-26H,1,13-14,17-19,21H2,2-3H3/b22-11+,24-12+. The molecule has 1 unspecified atom stereocenters. The fraction of sp³-hybridized carbons (Fsp3) is 0.333. The van der Waals surface area contributed by atoms with E-state index in [0.29, 0.717) is 23.9 Å². The van der Waals surface area contributed by atoms with Gasteiger partial charge >= 0.3 is 5.97 Å². The largest absolute Gasteiger partial charge is 0.469 e. The van der Waals surface area contributed by atoms with Crippen molar-refractivity contribution in [1.29, 1.82) is 0 Å². The van der Waals surface area contributed by atoms with Gasteiger partial charge in [-0.2, -0.15) is 5.10 Å². The molecule has 0 radical (unpaired) electrons. The van der Waals surface area contributed by atoms with E-state index in [9.17, 15) is 4.79 Å². The number of benzene rings is 1. The van der Waals surface area contributed by atoms with Crippen molar-refractivity contribution in [3.63, 3.8) is 0 Å². The van der Waals surface area contributed by atoms with Crippen LogP contribution in [0.5, 0.6) is 0 Å². The number of nitrogens with zero attached hydrogens (tertiary/aromatic N) is 5. The lowest BCUT2D eigenvalue weighted by molar-refractivity contribution is -0.146. The van der Waals surface area contributed by atoms with Crippen molar-refractivity contribution in [3.8, 4) is 5.95 Å². The summed E-state index contributed by atoms with van der Waals surface area (Å²) in [7, 11) is 1.47. The Balaban J connectivity index is 1.52. The van der Waals surface area contributed by atoms with Crippen LogP contribution in [0.4, 0.5) is 0 Å². The number of carbonyl (C=O) groups is 1. The molecule has 1 saturated heterocycles. The first kappa shape index (κ1) is 27.5. The van der Waals surface area contributed by atoms with Crippen molar-refractivity contribution < 1.29 is 9.53 Å².